The summed E-state index contributed by atoms with van der Waals surface area (Å²) in [5.74, 6) is -2.01. The number of alkyl carbamates (subject to hydrolysis) is 1. The summed E-state index contributed by atoms with van der Waals surface area (Å²) in [6.07, 6.45) is -0.739. The van der Waals surface area contributed by atoms with E-state index >= 15 is 0 Å². The average molecular weight is 351 g/mol. The summed E-state index contributed by atoms with van der Waals surface area (Å²) in [5, 5.41) is 11.5. The van der Waals surface area contributed by atoms with Crippen LogP contribution in [0.2, 0.25) is 0 Å². The van der Waals surface area contributed by atoms with Gasteiger partial charge in [0.15, 0.2) is 0 Å². The van der Waals surface area contributed by atoms with Crippen LogP contribution in [0.1, 0.15) is 33.3 Å². The van der Waals surface area contributed by atoms with Crippen molar-refractivity contribution in [1.29, 1.82) is 0 Å². The maximum absolute atomic E-state index is 12.2. The first-order chi connectivity index (χ1) is 11.6. The minimum atomic E-state index is -1.20. The molecule has 1 rings (SSSR count). The predicted molar refractivity (Wildman–Crippen MR) is 90.8 cm³/mol. The van der Waals surface area contributed by atoms with Gasteiger partial charge in [0.1, 0.15) is 19.3 Å². The van der Waals surface area contributed by atoms with Crippen LogP contribution in [0.15, 0.2) is 30.3 Å². The minimum Gasteiger partial charge on any atom is -0.481 e. The molecule has 0 aliphatic rings. The molecule has 0 radical (unpaired) electrons. The van der Waals surface area contributed by atoms with Gasteiger partial charge in [-0.1, -0.05) is 44.2 Å². The number of aliphatic carboxylic acids is 1. The number of hydrogen-bond acceptors (Lipinski definition) is 5. The van der Waals surface area contributed by atoms with Crippen molar-refractivity contribution in [2.75, 3.05) is 6.61 Å². The van der Waals surface area contributed by atoms with E-state index in [9.17, 15) is 14.4 Å². The lowest BCUT2D eigenvalue weighted by Gasteiger charge is -2.24. The normalized spacial score (nSPS) is 12.4. The van der Waals surface area contributed by atoms with Gasteiger partial charge in [0, 0.05) is 0 Å². The van der Waals surface area contributed by atoms with E-state index < -0.39 is 29.5 Å². The Labute approximate surface area is 147 Å². The molecule has 25 heavy (non-hydrogen) atoms. The number of hydrogen-bond donors (Lipinski definition) is 2. The summed E-state index contributed by atoms with van der Waals surface area (Å²) >= 11 is 0. The van der Waals surface area contributed by atoms with Crippen molar-refractivity contribution in [2.45, 2.75) is 40.3 Å². The van der Waals surface area contributed by atoms with E-state index in [0.717, 1.165) is 5.56 Å². The Bertz CT molecular complexity index is 597. The molecule has 138 valence electrons. The van der Waals surface area contributed by atoms with Crippen molar-refractivity contribution in [2.24, 2.45) is 11.3 Å². The highest BCUT2D eigenvalue weighted by atomic mass is 16.6. The van der Waals surface area contributed by atoms with Gasteiger partial charge in [0.25, 0.3) is 0 Å². The molecule has 0 saturated heterocycles. The Morgan fingerprint density at radius 3 is 2.24 bits per heavy atom. The van der Waals surface area contributed by atoms with Crippen molar-refractivity contribution in [3.05, 3.63) is 35.9 Å². The molecule has 0 bridgehead atoms. The van der Waals surface area contributed by atoms with E-state index in [-0.39, 0.29) is 19.1 Å². The van der Waals surface area contributed by atoms with E-state index in [0.29, 0.717) is 0 Å². The first-order valence-electron chi connectivity index (χ1n) is 8.00. The summed E-state index contributed by atoms with van der Waals surface area (Å²) in [7, 11) is 0. The monoisotopic (exact) mass is 351 g/mol. The van der Waals surface area contributed by atoms with E-state index in [2.05, 4.69) is 5.32 Å². The zero-order chi connectivity index (χ0) is 19.0. The summed E-state index contributed by atoms with van der Waals surface area (Å²) in [6, 6.07) is 8.22. The molecule has 0 unspecified atom stereocenters. The van der Waals surface area contributed by atoms with Crippen LogP contribution in [-0.4, -0.2) is 35.8 Å². The van der Waals surface area contributed by atoms with Gasteiger partial charge in [-0.2, -0.15) is 0 Å². The number of carbonyl (C=O) groups excluding carboxylic acids is 2. The molecular weight excluding hydrogens is 326 g/mol. The third kappa shape index (κ3) is 6.82. The fourth-order valence-electron chi connectivity index (χ4n) is 1.79. The number of ether oxygens (including phenoxy) is 2. The fourth-order valence-corrected chi connectivity index (χ4v) is 1.79. The van der Waals surface area contributed by atoms with Crippen LogP contribution < -0.4 is 5.32 Å². The van der Waals surface area contributed by atoms with E-state index in [1.165, 1.54) is 13.8 Å². The van der Waals surface area contributed by atoms with Crippen LogP contribution in [0.25, 0.3) is 0 Å². The number of benzene rings is 1. The molecule has 0 saturated carbocycles. The third-order valence-electron chi connectivity index (χ3n) is 3.56. The molecule has 2 N–H and O–H groups in total. The van der Waals surface area contributed by atoms with E-state index in [1.54, 1.807) is 13.8 Å². The maximum Gasteiger partial charge on any atom is 0.408 e. The highest BCUT2D eigenvalue weighted by Crippen LogP contribution is 2.16. The lowest BCUT2D eigenvalue weighted by molar-refractivity contribution is -0.158. The molecule has 1 aromatic carbocycles. The molecule has 7 nitrogen and oxygen atoms in total. The smallest absolute Gasteiger partial charge is 0.408 e. The van der Waals surface area contributed by atoms with Gasteiger partial charge < -0.3 is 19.9 Å². The van der Waals surface area contributed by atoms with Gasteiger partial charge in [-0.15, -0.1) is 0 Å². The summed E-state index contributed by atoms with van der Waals surface area (Å²) < 4.78 is 10.2. The molecule has 0 fully saturated rings. The standard InChI is InChI=1S/C18H25NO6/c1-12(2)14(15(20)25-11-18(3,4)16(21)22)19-17(23)24-10-13-8-6-5-7-9-13/h5-9,12,14H,10-11H2,1-4H3,(H,19,23)(H,21,22)/t14-/m0/s1. The molecule has 7 heteroatoms. The number of carboxylic acid groups (broad SMARTS) is 1. The zero-order valence-electron chi connectivity index (χ0n) is 14.9. The van der Waals surface area contributed by atoms with Gasteiger partial charge in [0.2, 0.25) is 0 Å². The van der Waals surface area contributed by atoms with E-state index in [4.69, 9.17) is 14.6 Å². The van der Waals surface area contributed by atoms with Crippen LogP contribution in [0, 0.1) is 11.3 Å². The number of rotatable bonds is 8. The molecule has 0 aliphatic carbocycles. The van der Waals surface area contributed by atoms with Crippen LogP contribution >= 0.6 is 0 Å². The Morgan fingerprint density at radius 1 is 1.12 bits per heavy atom. The second-order valence-corrected chi connectivity index (χ2v) is 6.72. The minimum absolute atomic E-state index is 0.0819. The van der Waals surface area contributed by atoms with Crippen LogP contribution in [0.3, 0.4) is 0 Å². The lowest BCUT2D eigenvalue weighted by Crippen LogP contribution is -2.46. The highest BCUT2D eigenvalue weighted by Gasteiger charge is 2.32. The first-order valence-corrected chi connectivity index (χ1v) is 8.00. The molecule has 0 heterocycles. The molecule has 1 atom stereocenters. The Kier molecular flexibility index (Phi) is 7.42. The summed E-state index contributed by atoms with van der Waals surface area (Å²) in [5.41, 5.74) is -0.380. The number of esters is 1. The lowest BCUT2D eigenvalue weighted by atomic mass is 9.95. The first kappa shape index (κ1) is 20.5. The third-order valence-corrected chi connectivity index (χ3v) is 3.56. The molecule has 1 amide bonds. The Hall–Kier alpha value is -2.57. The average Bonchev–Trinajstić information content (AvgIpc) is 2.56. The molecule has 0 spiro atoms. The number of carbonyl (C=O) groups is 3. The quantitative estimate of drug-likeness (QED) is 0.698. The molecule has 0 aromatic heterocycles. The van der Waals surface area contributed by atoms with Gasteiger partial charge in [0.05, 0.1) is 5.41 Å². The van der Waals surface area contributed by atoms with Crippen molar-refractivity contribution in [1.82, 2.24) is 5.32 Å². The van der Waals surface area contributed by atoms with Gasteiger partial charge in [-0.05, 0) is 25.3 Å². The SMILES string of the molecule is CC(C)[C@H](NC(=O)OCc1ccccc1)C(=O)OCC(C)(C)C(=O)O. The maximum atomic E-state index is 12.2. The van der Waals surface area contributed by atoms with E-state index in [1.807, 2.05) is 30.3 Å². The summed E-state index contributed by atoms with van der Waals surface area (Å²) in [6.45, 7) is 6.18. The van der Waals surface area contributed by atoms with Gasteiger partial charge >= 0.3 is 18.0 Å². The second-order valence-electron chi connectivity index (χ2n) is 6.72. The second kappa shape index (κ2) is 9.05. The van der Waals surface area contributed by atoms with Crippen LogP contribution in [-0.2, 0) is 25.7 Å². The van der Waals surface area contributed by atoms with Crippen molar-refractivity contribution >= 4 is 18.0 Å². The number of carboxylic acids is 1. The summed E-state index contributed by atoms with van der Waals surface area (Å²) in [4.78, 5) is 35.1. The van der Waals surface area contributed by atoms with Crippen molar-refractivity contribution in [3.8, 4) is 0 Å². The highest BCUT2D eigenvalue weighted by molar-refractivity contribution is 5.82. The van der Waals surface area contributed by atoms with Crippen LogP contribution in [0.4, 0.5) is 4.79 Å². The fraction of sp³-hybridized carbons (Fsp3) is 0.500. The molecule has 1 aromatic rings. The van der Waals surface area contributed by atoms with Crippen LogP contribution in [0.5, 0.6) is 0 Å². The largest absolute Gasteiger partial charge is 0.481 e. The van der Waals surface area contributed by atoms with Crippen molar-refractivity contribution in [3.63, 3.8) is 0 Å². The molecule has 0 aliphatic heterocycles. The number of amides is 1. The topological polar surface area (TPSA) is 102 Å². The molecular formula is C18H25NO6. The van der Waals surface area contributed by atoms with Crippen molar-refractivity contribution < 1.29 is 29.0 Å². The Balaban J connectivity index is 2.56. The number of nitrogens with one attached hydrogen (secondary N) is 1. The predicted octanol–water partition coefficient (Wildman–Crippen LogP) is 2.59. The van der Waals surface area contributed by atoms with Gasteiger partial charge in [-0.3, -0.25) is 4.79 Å². The Morgan fingerprint density at radius 2 is 1.72 bits per heavy atom. The zero-order valence-corrected chi connectivity index (χ0v) is 14.9. The van der Waals surface area contributed by atoms with Gasteiger partial charge in [-0.25, -0.2) is 9.59 Å².